The number of likely N-dealkylation sites (tertiary alicyclic amines) is 1. The quantitative estimate of drug-likeness (QED) is 0.438. The Balaban J connectivity index is 1.88. The third-order valence-electron chi connectivity index (χ3n) is 6.32. The number of nitrogens with two attached hydrogens (primary N) is 1. The Morgan fingerprint density at radius 2 is 2.07 bits per heavy atom. The molecule has 0 aromatic carbocycles. The van der Waals surface area contributed by atoms with Crippen LogP contribution in [0.4, 0.5) is 0 Å². The van der Waals surface area contributed by atoms with Gasteiger partial charge in [-0.3, -0.25) is 4.79 Å². The number of hydrogen-bond acceptors (Lipinski definition) is 3. The van der Waals surface area contributed by atoms with Gasteiger partial charge < -0.3 is 16.0 Å². The van der Waals surface area contributed by atoms with E-state index in [0.717, 1.165) is 37.6 Å². The van der Waals surface area contributed by atoms with Gasteiger partial charge in [-0.05, 0) is 49.4 Å². The highest BCUT2D eigenvalue weighted by molar-refractivity contribution is 7.80. The number of amides is 1. The van der Waals surface area contributed by atoms with Crippen LogP contribution < -0.4 is 11.1 Å². The van der Waals surface area contributed by atoms with Gasteiger partial charge in [-0.2, -0.15) is 0 Å². The Morgan fingerprint density at radius 1 is 1.36 bits per heavy atom. The van der Waals surface area contributed by atoms with E-state index in [4.69, 9.17) is 18.0 Å². The molecule has 2 fully saturated rings. The van der Waals surface area contributed by atoms with E-state index < -0.39 is 0 Å². The van der Waals surface area contributed by atoms with Crippen molar-refractivity contribution in [2.45, 2.75) is 91.1 Å². The topological polar surface area (TPSA) is 58.4 Å². The number of carbonyl (C=O) groups excluding carboxylic acids is 1. The fourth-order valence-electron chi connectivity index (χ4n) is 4.51. The maximum Gasteiger partial charge on any atom is 0.245 e. The van der Waals surface area contributed by atoms with Crippen molar-refractivity contribution in [1.82, 2.24) is 10.2 Å². The van der Waals surface area contributed by atoms with E-state index in [1.165, 1.54) is 32.1 Å². The van der Waals surface area contributed by atoms with E-state index in [0.29, 0.717) is 11.0 Å². The van der Waals surface area contributed by atoms with E-state index in [-0.39, 0.29) is 23.9 Å². The van der Waals surface area contributed by atoms with E-state index in [1.54, 1.807) is 0 Å². The molecule has 0 aromatic rings. The Bertz CT molecular complexity index is 549. The molecule has 0 unspecified atom stereocenters. The third kappa shape index (κ3) is 6.55. The molecule has 5 heteroatoms. The van der Waals surface area contributed by atoms with Gasteiger partial charge in [0, 0.05) is 19.1 Å². The molecule has 0 radical (unpaired) electrons. The van der Waals surface area contributed by atoms with E-state index in [2.05, 4.69) is 50.1 Å². The van der Waals surface area contributed by atoms with Crippen LogP contribution in [-0.2, 0) is 4.79 Å². The molecule has 4 nitrogen and oxygen atoms in total. The van der Waals surface area contributed by atoms with Gasteiger partial charge in [0.25, 0.3) is 0 Å². The fourth-order valence-corrected chi connectivity index (χ4v) is 4.62. The molecule has 28 heavy (non-hydrogen) atoms. The van der Waals surface area contributed by atoms with Gasteiger partial charge in [-0.1, -0.05) is 71.3 Å². The highest BCUT2D eigenvalue weighted by atomic mass is 32.1. The maximum atomic E-state index is 13.3. The standard InChI is InChI=1S/C23H41N3OS/c1-5-6-9-17-14-18(15-17)10-7-11-19-12-8-13-26(19)22(27)21(23(2,3)4)25-20(28)16-24/h7,10,17-19,21H,5-6,8-9,11-16,24H2,1-4H3,(H,25,28)/b10-7+/t17?,18?,19-,21+/m0/s1. The molecule has 2 atom stereocenters. The van der Waals surface area contributed by atoms with Crippen LogP contribution in [0.15, 0.2) is 12.2 Å². The molecule has 1 amide bonds. The van der Waals surface area contributed by atoms with Gasteiger partial charge >= 0.3 is 0 Å². The van der Waals surface area contributed by atoms with E-state index >= 15 is 0 Å². The monoisotopic (exact) mass is 407 g/mol. The number of nitrogens with zero attached hydrogens (tertiary/aromatic N) is 1. The van der Waals surface area contributed by atoms with E-state index in [1.807, 2.05) is 0 Å². The van der Waals surface area contributed by atoms with Gasteiger partial charge in [-0.25, -0.2) is 0 Å². The first-order valence-electron chi connectivity index (χ1n) is 11.2. The Labute approximate surface area is 177 Å². The molecule has 2 aliphatic rings. The molecule has 1 aliphatic carbocycles. The second kappa shape index (κ2) is 10.7. The van der Waals surface area contributed by atoms with Crippen molar-refractivity contribution < 1.29 is 4.79 Å². The lowest BCUT2D eigenvalue weighted by molar-refractivity contribution is -0.136. The summed E-state index contributed by atoms with van der Waals surface area (Å²) >= 11 is 5.26. The lowest BCUT2D eigenvalue weighted by Crippen LogP contribution is -2.56. The second-order valence-corrected chi connectivity index (χ2v) is 10.3. The minimum absolute atomic E-state index is 0.169. The molecule has 2 rings (SSSR count). The Kier molecular flexibility index (Phi) is 8.94. The summed E-state index contributed by atoms with van der Waals surface area (Å²) in [7, 11) is 0. The summed E-state index contributed by atoms with van der Waals surface area (Å²) < 4.78 is 0. The van der Waals surface area contributed by atoms with Crippen LogP contribution in [0.5, 0.6) is 0 Å². The minimum atomic E-state index is -0.320. The summed E-state index contributed by atoms with van der Waals surface area (Å²) in [4.78, 5) is 15.9. The number of allylic oxidation sites excluding steroid dienone is 1. The Morgan fingerprint density at radius 3 is 2.68 bits per heavy atom. The van der Waals surface area contributed by atoms with Crippen LogP contribution in [-0.4, -0.2) is 41.0 Å². The van der Waals surface area contributed by atoms with Crippen molar-refractivity contribution in [3.05, 3.63) is 12.2 Å². The van der Waals surface area contributed by atoms with Gasteiger partial charge in [0.1, 0.15) is 6.04 Å². The normalized spacial score (nSPS) is 26.3. The summed E-state index contributed by atoms with van der Waals surface area (Å²) in [5.74, 6) is 1.88. The number of hydrogen-bond donors (Lipinski definition) is 2. The largest absolute Gasteiger partial charge is 0.367 e. The average Bonchev–Trinajstić information content (AvgIpc) is 3.07. The summed E-state index contributed by atoms with van der Waals surface area (Å²) in [6, 6.07) is -0.00287. The zero-order chi connectivity index (χ0) is 20.7. The molecule has 1 saturated carbocycles. The number of thiocarbonyl (C=S) groups is 1. The second-order valence-electron chi connectivity index (χ2n) is 9.80. The maximum absolute atomic E-state index is 13.3. The SMILES string of the molecule is CCCCC1CC(/C=C/C[C@H]2CCCN2C(=O)[C@@H](NC(=S)CN)C(C)(C)C)C1. The van der Waals surface area contributed by atoms with Gasteiger partial charge in [-0.15, -0.1) is 0 Å². The molecule has 1 heterocycles. The molecule has 0 bridgehead atoms. The smallest absolute Gasteiger partial charge is 0.245 e. The predicted molar refractivity (Wildman–Crippen MR) is 122 cm³/mol. The fraction of sp³-hybridized carbons (Fsp3) is 0.826. The van der Waals surface area contributed by atoms with Crippen molar-refractivity contribution in [2.24, 2.45) is 23.0 Å². The molecule has 1 aliphatic heterocycles. The van der Waals surface area contributed by atoms with Crippen molar-refractivity contribution in [3.8, 4) is 0 Å². The first kappa shape index (κ1) is 23.3. The lowest BCUT2D eigenvalue weighted by atomic mass is 9.72. The summed E-state index contributed by atoms with van der Waals surface area (Å²) in [6.07, 6.45) is 14.7. The van der Waals surface area contributed by atoms with Crippen LogP contribution in [0.25, 0.3) is 0 Å². The number of unbranched alkanes of at least 4 members (excludes halogenated alkanes) is 1. The first-order chi connectivity index (χ1) is 13.3. The Hall–Kier alpha value is -0.940. The number of carbonyl (C=O) groups is 1. The van der Waals surface area contributed by atoms with Crippen LogP contribution >= 0.6 is 12.2 Å². The predicted octanol–water partition coefficient (Wildman–Crippen LogP) is 4.43. The van der Waals surface area contributed by atoms with Crippen molar-refractivity contribution in [2.75, 3.05) is 13.1 Å². The highest BCUT2D eigenvalue weighted by Gasteiger charge is 2.38. The van der Waals surface area contributed by atoms with Crippen molar-refractivity contribution >= 4 is 23.1 Å². The van der Waals surface area contributed by atoms with Gasteiger partial charge in [0.15, 0.2) is 0 Å². The van der Waals surface area contributed by atoms with Crippen LogP contribution in [0, 0.1) is 17.3 Å². The van der Waals surface area contributed by atoms with Crippen molar-refractivity contribution in [1.29, 1.82) is 0 Å². The molecule has 0 spiro atoms. The molecule has 3 N–H and O–H groups in total. The minimum Gasteiger partial charge on any atom is -0.367 e. The number of nitrogens with one attached hydrogen (secondary N) is 1. The van der Waals surface area contributed by atoms with E-state index in [9.17, 15) is 4.79 Å². The zero-order valence-corrected chi connectivity index (χ0v) is 19.2. The molecule has 160 valence electrons. The van der Waals surface area contributed by atoms with Crippen LogP contribution in [0.2, 0.25) is 0 Å². The van der Waals surface area contributed by atoms with Gasteiger partial charge in [0.05, 0.1) is 4.99 Å². The van der Waals surface area contributed by atoms with Crippen molar-refractivity contribution in [3.63, 3.8) is 0 Å². The summed E-state index contributed by atoms with van der Waals surface area (Å²) in [5.41, 5.74) is 5.45. The van der Waals surface area contributed by atoms with Crippen LogP contribution in [0.1, 0.15) is 79.1 Å². The molecular weight excluding hydrogens is 366 g/mol. The first-order valence-corrected chi connectivity index (χ1v) is 11.6. The summed E-state index contributed by atoms with van der Waals surface area (Å²) in [5, 5.41) is 3.22. The third-order valence-corrected chi connectivity index (χ3v) is 6.60. The van der Waals surface area contributed by atoms with Gasteiger partial charge in [0.2, 0.25) is 5.91 Å². The number of rotatable bonds is 9. The average molecular weight is 408 g/mol. The highest BCUT2D eigenvalue weighted by Crippen LogP contribution is 2.38. The lowest BCUT2D eigenvalue weighted by Gasteiger charge is -2.36. The molecule has 0 aromatic heterocycles. The zero-order valence-electron chi connectivity index (χ0n) is 18.4. The molecular formula is C23H41N3OS. The molecule has 1 saturated heterocycles. The van der Waals surface area contributed by atoms with Crippen LogP contribution in [0.3, 0.4) is 0 Å². The summed E-state index contributed by atoms with van der Waals surface area (Å²) in [6.45, 7) is 9.65.